The van der Waals surface area contributed by atoms with Gasteiger partial charge in [-0.25, -0.2) is 8.42 Å². The summed E-state index contributed by atoms with van der Waals surface area (Å²) in [5.41, 5.74) is 0.690. The molecule has 1 aliphatic carbocycles. The second-order valence-corrected chi connectivity index (χ2v) is 7.10. The first-order valence-electron chi connectivity index (χ1n) is 6.56. The summed E-state index contributed by atoms with van der Waals surface area (Å²) in [4.78, 5) is 4.53. The van der Waals surface area contributed by atoms with Gasteiger partial charge in [-0.3, -0.25) is 4.98 Å². The van der Waals surface area contributed by atoms with Crippen molar-refractivity contribution in [3.05, 3.63) is 36.5 Å². The number of rotatable bonds is 5. The van der Waals surface area contributed by atoms with Crippen LogP contribution in [0.1, 0.15) is 12.8 Å². The van der Waals surface area contributed by atoms with E-state index in [0.29, 0.717) is 28.2 Å². The molecule has 6 heteroatoms. The van der Waals surface area contributed by atoms with E-state index in [1.165, 1.54) is 4.31 Å². The molecule has 1 aromatic carbocycles. The van der Waals surface area contributed by atoms with Gasteiger partial charge in [0, 0.05) is 30.0 Å². The van der Waals surface area contributed by atoms with Crippen LogP contribution >= 0.6 is 11.6 Å². The van der Waals surface area contributed by atoms with Crippen LogP contribution in [0, 0.1) is 0 Å². The SMILES string of the molecule is O=S(=O)(c1cccc2ncccc12)N(CCCl)C1CC1. The standard InChI is InChI=1S/C14H15ClN2O2S/c15-8-10-17(11-6-7-11)20(18,19)14-5-1-4-13-12(14)3-2-9-16-13/h1-5,9,11H,6-8,10H2. The first kappa shape index (κ1) is 13.8. The molecule has 4 nitrogen and oxygen atoms in total. The molecular weight excluding hydrogens is 296 g/mol. The van der Waals surface area contributed by atoms with Gasteiger partial charge in [0.05, 0.1) is 10.4 Å². The van der Waals surface area contributed by atoms with Gasteiger partial charge in [-0.15, -0.1) is 11.6 Å². The van der Waals surface area contributed by atoms with E-state index in [-0.39, 0.29) is 6.04 Å². The van der Waals surface area contributed by atoms with Gasteiger partial charge in [-0.2, -0.15) is 4.31 Å². The Morgan fingerprint density at radius 2 is 2.05 bits per heavy atom. The summed E-state index contributed by atoms with van der Waals surface area (Å²) < 4.78 is 27.2. The Labute approximate surface area is 123 Å². The fourth-order valence-corrected chi connectivity index (χ4v) is 4.54. The Bertz CT molecular complexity index is 724. The van der Waals surface area contributed by atoms with Crippen LogP contribution in [0.5, 0.6) is 0 Å². The number of alkyl halides is 1. The van der Waals surface area contributed by atoms with E-state index in [4.69, 9.17) is 11.6 Å². The van der Waals surface area contributed by atoms with E-state index >= 15 is 0 Å². The molecule has 0 bridgehead atoms. The average molecular weight is 311 g/mol. The van der Waals surface area contributed by atoms with Gasteiger partial charge in [0.15, 0.2) is 0 Å². The number of nitrogens with zero attached hydrogens (tertiary/aromatic N) is 2. The van der Waals surface area contributed by atoms with Crippen LogP contribution in [0.2, 0.25) is 0 Å². The minimum Gasteiger partial charge on any atom is -0.256 e. The number of benzene rings is 1. The first-order valence-corrected chi connectivity index (χ1v) is 8.53. The maximum absolute atomic E-state index is 12.9. The highest BCUT2D eigenvalue weighted by Gasteiger charge is 2.38. The third-order valence-corrected chi connectivity index (χ3v) is 5.63. The summed E-state index contributed by atoms with van der Waals surface area (Å²) in [6.07, 6.45) is 3.49. The summed E-state index contributed by atoms with van der Waals surface area (Å²) in [6.45, 7) is 0.352. The van der Waals surface area contributed by atoms with Crippen LogP contribution in [0.15, 0.2) is 41.4 Å². The van der Waals surface area contributed by atoms with Gasteiger partial charge in [-0.05, 0) is 37.1 Å². The van der Waals surface area contributed by atoms with Crippen LogP contribution in [-0.2, 0) is 10.0 Å². The Kier molecular flexibility index (Phi) is 3.67. The van der Waals surface area contributed by atoms with Crippen molar-refractivity contribution in [3.63, 3.8) is 0 Å². The molecule has 0 aliphatic heterocycles. The number of sulfonamides is 1. The predicted octanol–water partition coefficient (Wildman–Crippen LogP) is 2.63. The largest absolute Gasteiger partial charge is 0.256 e. The predicted molar refractivity (Wildman–Crippen MR) is 79.4 cm³/mol. The number of pyridine rings is 1. The molecule has 1 fully saturated rings. The molecule has 0 spiro atoms. The van der Waals surface area contributed by atoms with Crippen LogP contribution < -0.4 is 0 Å². The minimum atomic E-state index is -3.52. The fraction of sp³-hybridized carbons (Fsp3) is 0.357. The first-order chi connectivity index (χ1) is 9.64. The van der Waals surface area contributed by atoms with Crippen molar-refractivity contribution in [1.29, 1.82) is 0 Å². The summed E-state index contributed by atoms with van der Waals surface area (Å²) >= 11 is 5.76. The van der Waals surface area contributed by atoms with Gasteiger partial charge in [0.1, 0.15) is 0 Å². The van der Waals surface area contributed by atoms with Crippen molar-refractivity contribution in [2.24, 2.45) is 0 Å². The second-order valence-electron chi connectivity index (χ2n) is 4.86. The minimum absolute atomic E-state index is 0.102. The Morgan fingerprint density at radius 3 is 2.75 bits per heavy atom. The van der Waals surface area contributed by atoms with Crippen LogP contribution in [-0.4, -0.2) is 36.2 Å². The molecule has 20 heavy (non-hydrogen) atoms. The van der Waals surface area contributed by atoms with Crippen molar-refractivity contribution in [3.8, 4) is 0 Å². The van der Waals surface area contributed by atoms with E-state index in [2.05, 4.69) is 4.98 Å². The monoisotopic (exact) mass is 310 g/mol. The zero-order valence-corrected chi connectivity index (χ0v) is 12.4. The zero-order chi connectivity index (χ0) is 14.2. The maximum Gasteiger partial charge on any atom is 0.244 e. The smallest absolute Gasteiger partial charge is 0.244 e. The summed E-state index contributed by atoms with van der Waals surface area (Å²) in [5.74, 6) is 0.304. The van der Waals surface area contributed by atoms with Crippen LogP contribution in [0.3, 0.4) is 0 Å². The molecule has 1 heterocycles. The van der Waals surface area contributed by atoms with Crippen LogP contribution in [0.25, 0.3) is 10.9 Å². The molecule has 0 saturated heterocycles. The Morgan fingerprint density at radius 1 is 1.25 bits per heavy atom. The van der Waals surface area contributed by atoms with Crippen molar-refractivity contribution >= 4 is 32.5 Å². The number of aromatic nitrogens is 1. The lowest BCUT2D eigenvalue weighted by molar-refractivity contribution is 0.423. The number of hydrogen-bond acceptors (Lipinski definition) is 3. The molecular formula is C14H15ClN2O2S. The molecule has 1 aromatic heterocycles. The van der Waals surface area contributed by atoms with E-state index in [9.17, 15) is 8.42 Å². The Hall–Kier alpha value is -1.17. The van der Waals surface area contributed by atoms with Gasteiger partial charge in [0.25, 0.3) is 0 Å². The highest BCUT2D eigenvalue weighted by molar-refractivity contribution is 7.89. The second kappa shape index (κ2) is 5.31. The van der Waals surface area contributed by atoms with E-state index < -0.39 is 10.0 Å². The third-order valence-electron chi connectivity index (χ3n) is 3.45. The number of hydrogen-bond donors (Lipinski definition) is 0. The van der Waals surface area contributed by atoms with E-state index in [1.54, 1.807) is 30.5 Å². The molecule has 0 unspecified atom stereocenters. The zero-order valence-electron chi connectivity index (χ0n) is 10.9. The molecule has 0 amide bonds. The molecule has 1 aliphatic rings. The van der Waals surface area contributed by atoms with Crippen molar-refractivity contribution in [2.75, 3.05) is 12.4 Å². The van der Waals surface area contributed by atoms with Crippen molar-refractivity contribution in [1.82, 2.24) is 9.29 Å². The molecule has 0 atom stereocenters. The number of halogens is 1. The third kappa shape index (κ3) is 2.41. The molecule has 0 radical (unpaired) electrons. The lowest BCUT2D eigenvalue weighted by Gasteiger charge is -2.21. The fourth-order valence-electron chi connectivity index (χ4n) is 2.37. The van der Waals surface area contributed by atoms with Gasteiger partial charge >= 0.3 is 0 Å². The lowest BCUT2D eigenvalue weighted by Crippen LogP contribution is -2.34. The van der Waals surface area contributed by atoms with Crippen LogP contribution in [0.4, 0.5) is 0 Å². The average Bonchev–Trinajstić information content (AvgIpc) is 3.28. The molecule has 106 valence electrons. The van der Waals surface area contributed by atoms with Gasteiger partial charge < -0.3 is 0 Å². The molecule has 1 saturated carbocycles. The molecule has 0 N–H and O–H groups in total. The lowest BCUT2D eigenvalue weighted by atomic mass is 10.2. The van der Waals surface area contributed by atoms with Crippen molar-refractivity contribution < 1.29 is 8.42 Å². The maximum atomic E-state index is 12.9. The van der Waals surface area contributed by atoms with Gasteiger partial charge in [-0.1, -0.05) is 6.07 Å². The highest BCUT2D eigenvalue weighted by Crippen LogP contribution is 2.33. The topological polar surface area (TPSA) is 50.3 Å². The molecule has 3 rings (SSSR count). The van der Waals surface area contributed by atoms with Gasteiger partial charge in [0.2, 0.25) is 10.0 Å². The quantitative estimate of drug-likeness (QED) is 0.798. The highest BCUT2D eigenvalue weighted by atomic mass is 35.5. The number of fused-ring (bicyclic) bond motifs is 1. The normalized spacial score (nSPS) is 15.9. The molecule has 2 aromatic rings. The van der Waals surface area contributed by atoms with E-state index in [1.807, 2.05) is 6.07 Å². The Balaban J connectivity index is 2.13. The summed E-state index contributed by atoms with van der Waals surface area (Å²) in [5, 5.41) is 0.662. The van der Waals surface area contributed by atoms with Crippen molar-refractivity contribution in [2.45, 2.75) is 23.8 Å². The summed E-state index contributed by atoms with van der Waals surface area (Å²) in [6, 6.07) is 8.84. The summed E-state index contributed by atoms with van der Waals surface area (Å²) in [7, 11) is -3.52. The van der Waals surface area contributed by atoms with E-state index in [0.717, 1.165) is 12.8 Å².